The molecule has 0 N–H and O–H groups in total. The minimum atomic E-state index is -0.838. The number of ether oxygens (including phenoxy) is 2. The van der Waals surface area contributed by atoms with Crippen molar-refractivity contribution in [2.75, 3.05) is 13.2 Å². The van der Waals surface area contributed by atoms with Gasteiger partial charge < -0.3 is 9.47 Å². The number of aryl methyl sites for hydroxylation is 2. The molecule has 0 atom stereocenters. The molecule has 0 fully saturated rings. The van der Waals surface area contributed by atoms with Gasteiger partial charge in [0.1, 0.15) is 13.1 Å². The molecule has 0 saturated carbocycles. The maximum Gasteiger partial charge on any atom is 0.379 e. The van der Waals surface area contributed by atoms with Crippen molar-refractivity contribution in [3.8, 4) is 0 Å². The van der Waals surface area contributed by atoms with Crippen LogP contribution in [0.15, 0.2) is 49.1 Å². The van der Waals surface area contributed by atoms with Crippen LogP contribution < -0.4 is 9.13 Å². The molecule has 2 aromatic rings. The van der Waals surface area contributed by atoms with Crippen LogP contribution in [0.3, 0.4) is 0 Å². The van der Waals surface area contributed by atoms with E-state index in [4.69, 9.17) is 9.47 Å². The molecule has 0 aliphatic heterocycles. The van der Waals surface area contributed by atoms with Crippen LogP contribution in [0.25, 0.3) is 0 Å². The number of hydrogen-bond donors (Lipinski definition) is 0. The van der Waals surface area contributed by atoms with Gasteiger partial charge in [-0.15, -0.1) is 0 Å². The summed E-state index contributed by atoms with van der Waals surface area (Å²) in [6, 6.07) is 6.77. The molecule has 8 nitrogen and oxygen atoms in total. The van der Waals surface area contributed by atoms with Gasteiger partial charge in [0.15, 0.2) is 24.8 Å². The maximum atomic E-state index is 12.6. The first-order valence-corrected chi connectivity index (χ1v) is 26.9. The fourth-order valence-corrected chi connectivity index (χ4v) is 8.45. The van der Waals surface area contributed by atoms with Crippen LogP contribution in [0.5, 0.6) is 0 Å². The van der Waals surface area contributed by atoms with Crippen molar-refractivity contribution in [1.82, 2.24) is 0 Å². The van der Waals surface area contributed by atoms with Crippen LogP contribution in [0, 0.1) is 0 Å². The molecular weight excluding hydrogens is 797 g/mol. The number of carbonyl (C=O) groups is 4. The number of ketones is 2. The normalized spacial score (nSPS) is 11.2. The summed E-state index contributed by atoms with van der Waals surface area (Å²) in [6.45, 7) is 6.67. The first kappa shape index (κ1) is 56.7. The molecule has 2 rings (SSSR count). The third kappa shape index (κ3) is 30.7. The van der Waals surface area contributed by atoms with Crippen LogP contribution >= 0.6 is 0 Å². The highest BCUT2D eigenvalue weighted by Crippen LogP contribution is 2.16. The zero-order valence-corrected chi connectivity index (χ0v) is 41.2. The summed E-state index contributed by atoms with van der Waals surface area (Å²) in [5.74, 6) is -2.94. The van der Waals surface area contributed by atoms with E-state index in [-0.39, 0.29) is 13.2 Å². The number of nitrogens with zero attached hydrogens (tertiary/aromatic N) is 2. The summed E-state index contributed by atoms with van der Waals surface area (Å²) in [5.41, 5.74) is 0.676. The quantitative estimate of drug-likeness (QED) is 0.0216. The summed E-state index contributed by atoms with van der Waals surface area (Å²) < 4.78 is 14.6. The van der Waals surface area contributed by atoms with Gasteiger partial charge in [-0.1, -0.05) is 194 Å². The Balaban J connectivity index is 1.40. The average molecular weight is 891 g/mol. The Morgan fingerprint density at radius 3 is 0.797 bits per heavy atom. The number of Topliss-reactive ketones (excluding diaryl/α,β-unsaturated/α-hetero) is 2. The lowest BCUT2D eigenvalue weighted by atomic mass is 10.0. The Morgan fingerprint density at radius 2 is 0.547 bits per heavy atom. The van der Waals surface area contributed by atoms with Crippen molar-refractivity contribution in [1.29, 1.82) is 0 Å². The molecule has 2 aromatic heterocycles. The largest absolute Gasteiger partial charge is 0.460 e. The number of aromatic nitrogens is 2. The standard InChI is InChI=1S/C56H94N2O6/c1-3-5-7-9-11-13-15-17-19-21-23-25-27-29-31-35-43-57-45-39-51(40-46-57)53(59)55(61)63-49-37-33-34-38-50-64-56(62)54(60)52-41-47-58(48-42-52)44-36-32-30-28-26-24-22-20-18-16-14-12-10-8-6-4-2/h39-42,45-48H,3-38,43-44,49-50H2,1-2H3/q+2. The molecule has 0 amide bonds. The van der Waals surface area contributed by atoms with Gasteiger partial charge in [0.25, 0.3) is 11.6 Å². The maximum absolute atomic E-state index is 12.6. The van der Waals surface area contributed by atoms with Gasteiger partial charge >= 0.3 is 11.9 Å². The van der Waals surface area contributed by atoms with Crippen molar-refractivity contribution in [3.63, 3.8) is 0 Å². The third-order valence-corrected chi connectivity index (χ3v) is 12.7. The molecular formula is C56H94N2O6+2. The Kier molecular flexibility index (Phi) is 36.4. The minimum absolute atomic E-state index is 0.155. The lowest BCUT2D eigenvalue weighted by Gasteiger charge is -2.06. The fourth-order valence-electron chi connectivity index (χ4n) is 8.45. The van der Waals surface area contributed by atoms with Gasteiger partial charge in [0.2, 0.25) is 0 Å². The second-order valence-corrected chi connectivity index (χ2v) is 18.6. The molecule has 2 heterocycles. The van der Waals surface area contributed by atoms with Crippen molar-refractivity contribution >= 4 is 23.5 Å². The molecule has 0 aliphatic carbocycles. The molecule has 8 heteroatoms. The van der Waals surface area contributed by atoms with E-state index in [0.717, 1.165) is 38.8 Å². The monoisotopic (exact) mass is 891 g/mol. The van der Waals surface area contributed by atoms with Crippen LogP contribution in [-0.2, 0) is 32.2 Å². The molecule has 0 unspecified atom stereocenters. The molecule has 362 valence electrons. The second kappa shape index (κ2) is 41.0. The molecule has 0 radical (unpaired) electrons. The number of unbranched alkanes of at least 4 members (excludes halogenated alkanes) is 33. The minimum Gasteiger partial charge on any atom is -0.460 e. The van der Waals surface area contributed by atoms with Gasteiger partial charge in [-0.25, -0.2) is 18.7 Å². The topological polar surface area (TPSA) is 94.5 Å². The van der Waals surface area contributed by atoms with Crippen LogP contribution in [0.1, 0.15) is 266 Å². The van der Waals surface area contributed by atoms with E-state index in [1.54, 1.807) is 24.3 Å². The molecule has 0 aromatic carbocycles. The SMILES string of the molecule is CCCCCCCCCCCCCCCCCC[n+]1ccc(C(=O)C(=O)OCCCCCCOC(=O)C(=O)c2cc[n+](CCCCCCCCCCCCCCCCCC)cc2)cc1. The van der Waals surface area contributed by atoms with E-state index in [9.17, 15) is 19.2 Å². The third-order valence-electron chi connectivity index (χ3n) is 12.7. The highest BCUT2D eigenvalue weighted by Gasteiger charge is 2.20. The predicted octanol–water partition coefficient (Wildman–Crippen LogP) is 14.5. The zero-order chi connectivity index (χ0) is 46.0. The number of rotatable bonds is 45. The van der Waals surface area contributed by atoms with Crippen molar-refractivity contribution in [3.05, 3.63) is 60.2 Å². The smallest absolute Gasteiger partial charge is 0.379 e. The van der Waals surface area contributed by atoms with Crippen LogP contribution in [0.4, 0.5) is 0 Å². The second-order valence-electron chi connectivity index (χ2n) is 18.6. The van der Waals surface area contributed by atoms with E-state index in [2.05, 4.69) is 23.0 Å². The number of hydrogen-bond acceptors (Lipinski definition) is 6. The summed E-state index contributed by atoms with van der Waals surface area (Å²) in [6.07, 6.45) is 53.3. The number of carbonyl (C=O) groups excluding carboxylic acids is 4. The Labute approximate surface area is 391 Å². The number of pyridine rings is 2. The molecule has 0 bridgehead atoms. The summed E-state index contributed by atoms with van der Waals surface area (Å²) in [7, 11) is 0. The van der Waals surface area contributed by atoms with Gasteiger partial charge in [0.05, 0.1) is 13.2 Å². The van der Waals surface area contributed by atoms with Crippen LogP contribution in [-0.4, -0.2) is 36.7 Å². The van der Waals surface area contributed by atoms with Crippen molar-refractivity contribution in [2.45, 2.75) is 258 Å². The average Bonchev–Trinajstić information content (AvgIpc) is 3.31. The van der Waals surface area contributed by atoms with E-state index in [1.807, 2.05) is 24.8 Å². The highest BCUT2D eigenvalue weighted by atomic mass is 16.5. The summed E-state index contributed by atoms with van der Waals surface area (Å²) in [5, 5.41) is 0. The predicted molar refractivity (Wildman–Crippen MR) is 261 cm³/mol. The van der Waals surface area contributed by atoms with Crippen molar-refractivity contribution in [2.24, 2.45) is 0 Å². The van der Waals surface area contributed by atoms with Gasteiger partial charge in [-0.2, -0.15) is 0 Å². The van der Waals surface area contributed by atoms with Gasteiger partial charge in [0, 0.05) is 48.2 Å². The van der Waals surface area contributed by atoms with E-state index in [1.165, 1.54) is 193 Å². The van der Waals surface area contributed by atoms with E-state index >= 15 is 0 Å². The number of esters is 2. The van der Waals surface area contributed by atoms with Gasteiger partial charge in [-0.3, -0.25) is 9.59 Å². The Hall–Kier alpha value is -3.42. The lowest BCUT2D eigenvalue weighted by Crippen LogP contribution is -2.33. The zero-order valence-electron chi connectivity index (χ0n) is 41.2. The fraction of sp³-hybridized carbons (Fsp3) is 0.750. The molecule has 0 saturated heterocycles. The molecule has 64 heavy (non-hydrogen) atoms. The molecule has 0 spiro atoms. The summed E-state index contributed by atoms with van der Waals surface area (Å²) >= 11 is 0. The first-order chi connectivity index (χ1) is 31.5. The first-order valence-electron chi connectivity index (χ1n) is 26.9. The Morgan fingerprint density at radius 1 is 0.328 bits per heavy atom. The lowest BCUT2D eigenvalue weighted by molar-refractivity contribution is -0.697. The molecule has 0 aliphatic rings. The summed E-state index contributed by atoms with van der Waals surface area (Å²) in [4.78, 5) is 49.9. The van der Waals surface area contributed by atoms with E-state index in [0.29, 0.717) is 24.0 Å². The van der Waals surface area contributed by atoms with Gasteiger partial charge in [-0.05, 0) is 38.5 Å². The van der Waals surface area contributed by atoms with Crippen LogP contribution in [0.2, 0.25) is 0 Å². The highest BCUT2D eigenvalue weighted by molar-refractivity contribution is 6.41. The van der Waals surface area contributed by atoms with E-state index < -0.39 is 23.5 Å². The van der Waals surface area contributed by atoms with Crippen molar-refractivity contribution < 1.29 is 37.8 Å². The Bertz CT molecular complexity index is 1330.